The van der Waals surface area contributed by atoms with Crippen LogP contribution in [0.5, 0.6) is 0 Å². The number of nitrogens with zero attached hydrogens (tertiary/aromatic N) is 4. The van der Waals surface area contributed by atoms with Crippen molar-refractivity contribution in [3.63, 3.8) is 0 Å². The van der Waals surface area contributed by atoms with Gasteiger partial charge in [0.05, 0.1) is 0 Å². The first-order chi connectivity index (χ1) is 11.1. The summed E-state index contributed by atoms with van der Waals surface area (Å²) in [6, 6.07) is 1.47. The molecule has 1 aliphatic heterocycles. The van der Waals surface area contributed by atoms with Crippen molar-refractivity contribution in [2.24, 2.45) is 0 Å². The average Bonchev–Trinajstić information content (AvgIpc) is 2.80. The first-order valence-electron chi connectivity index (χ1n) is 8.03. The Morgan fingerprint density at radius 2 is 2.17 bits per heavy atom. The maximum atomic E-state index is 11.9. The smallest absolute Gasteiger partial charge is 0.275 e. The zero-order valence-corrected chi connectivity index (χ0v) is 14.1. The summed E-state index contributed by atoms with van der Waals surface area (Å²) in [5.74, 6) is 0.272. The normalized spacial score (nSPS) is 15.9. The molecule has 3 rings (SSSR count). The standard InChI is InChI=1S/C15H21N5O2S/c1-11-10-13(22)20-15(17-11)23-14(18-20)16-7-5-9-19-8-4-2-3-6-12(19)21/h10H,2-9H2,1H3,(H,16,18). The average molecular weight is 335 g/mol. The van der Waals surface area contributed by atoms with Crippen molar-refractivity contribution < 1.29 is 4.79 Å². The molecule has 3 heterocycles. The van der Waals surface area contributed by atoms with Crippen LogP contribution in [-0.2, 0) is 4.79 Å². The monoisotopic (exact) mass is 335 g/mol. The number of rotatable bonds is 5. The minimum atomic E-state index is -0.160. The van der Waals surface area contributed by atoms with Crippen LogP contribution in [0.4, 0.5) is 5.13 Å². The molecule has 0 spiro atoms. The first-order valence-corrected chi connectivity index (χ1v) is 8.84. The Morgan fingerprint density at radius 3 is 3.04 bits per heavy atom. The van der Waals surface area contributed by atoms with E-state index < -0.39 is 0 Å². The van der Waals surface area contributed by atoms with Gasteiger partial charge in [0.25, 0.3) is 5.56 Å². The summed E-state index contributed by atoms with van der Waals surface area (Å²) in [5.41, 5.74) is 0.539. The van der Waals surface area contributed by atoms with Gasteiger partial charge >= 0.3 is 0 Å². The molecule has 23 heavy (non-hydrogen) atoms. The number of likely N-dealkylation sites (tertiary alicyclic amines) is 1. The van der Waals surface area contributed by atoms with Crippen molar-refractivity contribution in [2.75, 3.05) is 25.0 Å². The minimum Gasteiger partial charge on any atom is -0.360 e. The van der Waals surface area contributed by atoms with E-state index in [0.717, 1.165) is 45.3 Å². The van der Waals surface area contributed by atoms with E-state index in [4.69, 9.17) is 0 Å². The van der Waals surface area contributed by atoms with Crippen LogP contribution >= 0.6 is 11.3 Å². The third-order valence-electron chi connectivity index (χ3n) is 3.93. The third-order valence-corrected chi connectivity index (χ3v) is 4.79. The van der Waals surface area contributed by atoms with Crippen LogP contribution in [0.2, 0.25) is 0 Å². The van der Waals surface area contributed by atoms with Gasteiger partial charge < -0.3 is 10.2 Å². The highest BCUT2D eigenvalue weighted by Gasteiger charge is 2.15. The van der Waals surface area contributed by atoms with Crippen molar-refractivity contribution in [2.45, 2.75) is 39.0 Å². The van der Waals surface area contributed by atoms with Gasteiger partial charge in [0.15, 0.2) is 0 Å². The Morgan fingerprint density at radius 1 is 1.30 bits per heavy atom. The minimum absolute atomic E-state index is 0.160. The van der Waals surface area contributed by atoms with Crippen LogP contribution < -0.4 is 10.9 Å². The fraction of sp³-hybridized carbons (Fsp3) is 0.600. The molecule has 7 nitrogen and oxygen atoms in total. The maximum Gasteiger partial charge on any atom is 0.275 e. The summed E-state index contributed by atoms with van der Waals surface area (Å²) in [6.07, 6.45) is 4.81. The molecule has 1 saturated heterocycles. The second-order valence-electron chi connectivity index (χ2n) is 5.81. The second-order valence-corrected chi connectivity index (χ2v) is 6.77. The number of hydrogen-bond acceptors (Lipinski definition) is 6. The summed E-state index contributed by atoms with van der Waals surface area (Å²) >= 11 is 1.36. The van der Waals surface area contributed by atoms with Crippen LogP contribution in [0.25, 0.3) is 4.96 Å². The van der Waals surface area contributed by atoms with Crippen molar-refractivity contribution in [3.8, 4) is 0 Å². The summed E-state index contributed by atoms with van der Waals surface area (Å²) in [4.78, 5) is 30.6. The van der Waals surface area contributed by atoms with Gasteiger partial charge in [0.1, 0.15) is 0 Å². The molecule has 0 radical (unpaired) electrons. The molecular formula is C15H21N5O2S. The first kappa shape index (κ1) is 15.9. The van der Waals surface area contributed by atoms with E-state index in [2.05, 4.69) is 15.4 Å². The van der Waals surface area contributed by atoms with Crippen LogP contribution in [0.1, 0.15) is 37.8 Å². The van der Waals surface area contributed by atoms with Crippen LogP contribution in [0.15, 0.2) is 10.9 Å². The summed E-state index contributed by atoms with van der Waals surface area (Å²) in [7, 11) is 0. The van der Waals surface area contributed by atoms with Crippen LogP contribution in [0, 0.1) is 6.92 Å². The van der Waals surface area contributed by atoms with Crippen LogP contribution in [-0.4, -0.2) is 45.0 Å². The van der Waals surface area contributed by atoms with Crippen molar-refractivity contribution in [3.05, 3.63) is 22.1 Å². The highest BCUT2D eigenvalue weighted by molar-refractivity contribution is 7.20. The number of hydrogen-bond donors (Lipinski definition) is 1. The molecule has 0 aliphatic carbocycles. The maximum absolute atomic E-state index is 11.9. The van der Waals surface area contributed by atoms with Gasteiger partial charge in [0, 0.05) is 37.8 Å². The zero-order chi connectivity index (χ0) is 16.2. The molecule has 0 atom stereocenters. The molecule has 124 valence electrons. The van der Waals surface area contributed by atoms with E-state index in [0.29, 0.717) is 22.2 Å². The molecular weight excluding hydrogens is 314 g/mol. The third kappa shape index (κ3) is 3.87. The van der Waals surface area contributed by atoms with E-state index in [1.807, 2.05) is 4.90 Å². The highest BCUT2D eigenvalue weighted by atomic mass is 32.1. The van der Waals surface area contributed by atoms with Crippen molar-refractivity contribution in [1.29, 1.82) is 0 Å². The molecule has 1 aliphatic rings. The Kier molecular flexibility index (Phi) is 4.90. The zero-order valence-electron chi connectivity index (χ0n) is 13.2. The summed E-state index contributed by atoms with van der Waals surface area (Å²) in [5, 5.41) is 8.14. The number of fused-ring (bicyclic) bond motifs is 1. The van der Waals surface area contributed by atoms with Gasteiger partial charge in [-0.15, -0.1) is 5.10 Å². The van der Waals surface area contributed by atoms with E-state index in [1.165, 1.54) is 21.9 Å². The number of amides is 1. The fourth-order valence-corrected chi connectivity index (χ4v) is 3.61. The largest absolute Gasteiger partial charge is 0.360 e. The van der Waals surface area contributed by atoms with Crippen LogP contribution in [0.3, 0.4) is 0 Å². The number of aromatic nitrogens is 3. The second kappa shape index (κ2) is 7.08. The highest BCUT2D eigenvalue weighted by Crippen LogP contribution is 2.16. The van der Waals surface area contributed by atoms with Crippen molar-refractivity contribution >= 4 is 27.3 Å². The van der Waals surface area contributed by atoms with Gasteiger partial charge in [-0.1, -0.05) is 17.8 Å². The molecule has 0 saturated carbocycles. The molecule has 0 bridgehead atoms. The van der Waals surface area contributed by atoms with Gasteiger partial charge in [-0.2, -0.15) is 4.52 Å². The van der Waals surface area contributed by atoms with Gasteiger partial charge in [0.2, 0.25) is 16.0 Å². The Bertz CT molecular complexity index is 754. The predicted molar refractivity (Wildman–Crippen MR) is 90.0 cm³/mol. The van der Waals surface area contributed by atoms with Gasteiger partial charge in [-0.25, -0.2) is 4.98 Å². The number of anilines is 1. The SMILES string of the molecule is Cc1cc(=O)n2nc(NCCCN3CCCCCC3=O)sc2n1. The van der Waals surface area contributed by atoms with Crippen molar-refractivity contribution in [1.82, 2.24) is 19.5 Å². The molecule has 8 heteroatoms. The molecule has 2 aromatic rings. The number of aryl methyl sites for hydroxylation is 1. The fourth-order valence-electron chi connectivity index (χ4n) is 2.73. The van der Waals surface area contributed by atoms with E-state index in [9.17, 15) is 9.59 Å². The number of carbonyl (C=O) groups is 1. The predicted octanol–water partition coefficient (Wildman–Crippen LogP) is 1.66. The molecule has 0 aromatic carbocycles. The molecule has 1 fully saturated rings. The topological polar surface area (TPSA) is 79.6 Å². The Labute approximate surface area is 138 Å². The molecule has 0 unspecified atom stereocenters. The Balaban J connectivity index is 1.53. The number of carbonyl (C=O) groups excluding carboxylic acids is 1. The van der Waals surface area contributed by atoms with Gasteiger partial charge in [-0.05, 0) is 26.2 Å². The Hall–Kier alpha value is -1.96. The van der Waals surface area contributed by atoms with E-state index in [-0.39, 0.29) is 11.5 Å². The lowest BCUT2D eigenvalue weighted by Crippen LogP contribution is -2.32. The molecule has 2 aromatic heterocycles. The lowest BCUT2D eigenvalue weighted by atomic mass is 10.2. The molecule has 1 amide bonds. The lowest BCUT2D eigenvalue weighted by Gasteiger charge is -2.20. The summed E-state index contributed by atoms with van der Waals surface area (Å²) < 4.78 is 1.32. The quantitative estimate of drug-likeness (QED) is 0.841. The number of nitrogens with one attached hydrogen (secondary N) is 1. The lowest BCUT2D eigenvalue weighted by molar-refractivity contribution is -0.130. The van der Waals surface area contributed by atoms with Gasteiger partial charge in [-0.3, -0.25) is 9.59 Å². The molecule has 1 N–H and O–H groups in total. The summed E-state index contributed by atoms with van der Waals surface area (Å²) in [6.45, 7) is 4.16. The van der Waals surface area contributed by atoms with E-state index in [1.54, 1.807) is 6.92 Å². The van der Waals surface area contributed by atoms with E-state index >= 15 is 0 Å².